The number of phenols is 1. The SMILES string of the molecule is CC(=O)Nc1ccc(-c2cccc(-c3ccccc3)c2O)cc1. The number of carbonyl (C=O) groups is 1. The highest BCUT2D eigenvalue weighted by Crippen LogP contribution is 2.38. The number of carbonyl (C=O) groups excluding carboxylic acids is 1. The molecule has 114 valence electrons. The van der Waals surface area contributed by atoms with Gasteiger partial charge in [-0.2, -0.15) is 0 Å². The molecule has 0 aliphatic carbocycles. The lowest BCUT2D eigenvalue weighted by molar-refractivity contribution is -0.114. The van der Waals surface area contributed by atoms with Crippen LogP contribution in [0.2, 0.25) is 0 Å². The summed E-state index contributed by atoms with van der Waals surface area (Å²) >= 11 is 0. The largest absolute Gasteiger partial charge is 0.507 e. The molecule has 0 saturated carbocycles. The van der Waals surface area contributed by atoms with Gasteiger partial charge in [0.15, 0.2) is 0 Å². The summed E-state index contributed by atoms with van der Waals surface area (Å²) in [6, 6.07) is 22.9. The van der Waals surface area contributed by atoms with E-state index in [0.29, 0.717) is 0 Å². The standard InChI is InChI=1S/C20H17NO2/c1-14(22)21-17-12-10-16(11-13-17)19-9-5-8-18(20(19)23)15-6-3-2-4-7-15/h2-13,23H,1H3,(H,21,22). The molecule has 0 radical (unpaired) electrons. The first-order valence-corrected chi connectivity index (χ1v) is 7.40. The Morgan fingerprint density at radius 2 is 1.35 bits per heavy atom. The van der Waals surface area contributed by atoms with Crippen molar-refractivity contribution in [3.05, 3.63) is 72.8 Å². The Hall–Kier alpha value is -3.07. The summed E-state index contributed by atoms with van der Waals surface area (Å²) in [5.41, 5.74) is 4.17. The molecule has 3 aromatic rings. The number of amides is 1. The number of rotatable bonds is 3. The van der Waals surface area contributed by atoms with Crippen LogP contribution in [-0.4, -0.2) is 11.0 Å². The third-order valence-electron chi connectivity index (χ3n) is 3.64. The molecule has 2 N–H and O–H groups in total. The Morgan fingerprint density at radius 3 is 1.91 bits per heavy atom. The van der Waals surface area contributed by atoms with Crippen LogP contribution in [-0.2, 0) is 4.79 Å². The maximum Gasteiger partial charge on any atom is 0.221 e. The maximum atomic E-state index is 11.1. The third-order valence-corrected chi connectivity index (χ3v) is 3.64. The van der Waals surface area contributed by atoms with Gasteiger partial charge in [0, 0.05) is 23.7 Å². The lowest BCUT2D eigenvalue weighted by Crippen LogP contribution is -2.05. The molecule has 0 aliphatic rings. The average Bonchev–Trinajstić information content (AvgIpc) is 2.56. The van der Waals surface area contributed by atoms with Crippen LogP contribution in [0, 0.1) is 0 Å². The second kappa shape index (κ2) is 6.36. The number of hydrogen-bond donors (Lipinski definition) is 2. The molecule has 0 fully saturated rings. The number of hydrogen-bond acceptors (Lipinski definition) is 2. The van der Waals surface area contributed by atoms with Gasteiger partial charge in [0.05, 0.1) is 0 Å². The molecular formula is C20H17NO2. The Bertz CT molecular complexity index is 824. The summed E-state index contributed by atoms with van der Waals surface area (Å²) in [6.45, 7) is 1.48. The predicted octanol–water partition coefficient (Wildman–Crippen LogP) is 4.68. The highest BCUT2D eigenvalue weighted by atomic mass is 16.3. The molecule has 0 unspecified atom stereocenters. The Kier molecular flexibility index (Phi) is 4.11. The molecule has 23 heavy (non-hydrogen) atoms. The summed E-state index contributed by atoms with van der Waals surface area (Å²) < 4.78 is 0. The van der Waals surface area contributed by atoms with Crippen LogP contribution in [0.15, 0.2) is 72.8 Å². The fraction of sp³-hybridized carbons (Fsp3) is 0.0500. The van der Waals surface area contributed by atoms with Crippen molar-refractivity contribution in [1.82, 2.24) is 0 Å². The molecule has 3 rings (SSSR count). The minimum absolute atomic E-state index is 0.105. The summed E-state index contributed by atoms with van der Waals surface area (Å²) in [7, 11) is 0. The maximum absolute atomic E-state index is 11.1. The molecule has 0 aromatic heterocycles. The first-order valence-electron chi connectivity index (χ1n) is 7.40. The second-order valence-corrected chi connectivity index (χ2v) is 5.33. The smallest absolute Gasteiger partial charge is 0.221 e. The molecule has 3 nitrogen and oxygen atoms in total. The van der Waals surface area contributed by atoms with E-state index >= 15 is 0 Å². The van der Waals surface area contributed by atoms with E-state index in [-0.39, 0.29) is 11.7 Å². The second-order valence-electron chi connectivity index (χ2n) is 5.33. The van der Waals surface area contributed by atoms with Gasteiger partial charge in [0.1, 0.15) is 5.75 Å². The highest BCUT2D eigenvalue weighted by molar-refractivity contribution is 5.89. The van der Waals surface area contributed by atoms with Crippen LogP contribution in [0.3, 0.4) is 0 Å². The molecule has 3 heteroatoms. The van der Waals surface area contributed by atoms with Crippen molar-refractivity contribution in [2.75, 3.05) is 5.32 Å². The van der Waals surface area contributed by atoms with Gasteiger partial charge in [0.2, 0.25) is 5.91 Å². The van der Waals surface area contributed by atoms with Crippen molar-refractivity contribution in [2.24, 2.45) is 0 Å². The number of benzene rings is 3. The van der Waals surface area contributed by atoms with E-state index in [1.165, 1.54) is 6.92 Å². The summed E-state index contributed by atoms with van der Waals surface area (Å²) in [5.74, 6) is 0.151. The van der Waals surface area contributed by atoms with E-state index in [2.05, 4.69) is 5.32 Å². The van der Waals surface area contributed by atoms with Crippen LogP contribution in [0.5, 0.6) is 5.75 Å². The van der Waals surface area contributed by atoms with Crippen molar-refractivity contribution >= 4 is 11.6 Å². The van der Waals surface area contributed by atoms with Crippen LogP contribution in [0.1, 0.15) is 6.92 Å². The number of phenolic OH excluding ortho intramolecular Hbond substituents is 1. The lowest BCUT2D eigenvalue weighted by Gasteiger charge is -2.11. The van der Waals surface area contributed by atoms with E-state index in [1.807, 2.05) is 72.8 Å². The molecular weight excluding hydrogens is 286 g/mol. The Morgan fingerprint density at radius 1 is 0.783 bits per heavy atom. The van der Waals surface area contributed by atoms with Gasteiger partial charge in [0.25, 0.3) is 0 Å². The summed E-state index contributed by atoms with van der Waals surface area (Å²) in [4.78, 5) is 11.1. The number of aromatic hydroxyl groups is 1. The third kappa shape index (κ3) is 3.24. The average molecular weight is 303 g/mol. The zero-order valence-corrected chi connectivity index (χ0v) is 12.8. The van der Waals surface area contributed by atoms with Gasteiger partial charge < -0.3 is 10.4 Å². The first-order chi connectivity index (χ1) is 11.1. The fourth-order valence-corrected chi connectivity index (χ4v) is 2.56. The summed E-state index contributed by atoms with van der Waals surface area (Å²) in [6.07, 6.45) is 0. The Labute approximate surface area is 135 Å². The topological polar surface area (TPSA) is 49.3 Å². The van der Waals surface area contributed by atoms with E-state index in [0.717, 1.165) is 27.9 Å². The van der Waals surface area contributed by atoms with Crippen molar-refractivity contribution < 1.29 is 9.90 Å². The van der Waals surface area contributed by atoms with Crippen molar-refractivity contribution in [1.29, 1.82) is 0 Å². The van der Waals surface area contributed by atoms with Crippen molar-refractivity contribution in [3.8, 4) is 28.0 Å². The molecule has 0 bridgehead atoms. The van der Waals surface area contributed by atoms with Crippen LogP contribution in [0.4, 0.5) is 5.69 Å². The van der Waals surface area contributed by atoms with Crippen LogP contribution >= 0.6 is 0 Å². The van der Waals surface area contributed by atoms with E-state index in [1.54, 1.807) is 0 Å². The summed E-state index contributed by atoms with van der Waals surface area (Å²) in [5, 5.41) is 13.4. The van der Waals surface area contributed by atoms with Gasteiger partial charge in [-0.25, -0.2) is 0 Å². The Balaban J connectivity index is 1.99. The molecule has 1 amide bonds. The predicted molar refractivity (Wildman–Crippen MR) is 93.3 cm³/mol. The lowest BCUT2D eigenvalue weighted by atomic mass is 9.97. The molecule has 0 spiro atoms. The van der Waals surface area contributed by atoms with Crippen molar-refractivity contribution in [3.63, 3.8) is 0 Å². The minimum Gasteiger partial charge on any atom is -0.507 e. The normalized spacial score (nSPS) is 10.3. The zero-order chi connectivity index (χ0) is 16.2. The van der Waals surface area contributed by atoms with Gasteiger partial charge in [-0.05, 0) is 23.3 Å². The molecule has 0 atom stereocenters. The van der Waals surface area contributed by atoms with Crippen LogP contribution in [0.25, 0.3) is 22.3 Å². The number of anilines is 1. The van der Waals surface area contributed by atoms with Gasteiger partial charge in [-0.3, -0.25) is 4.79 Å². The molecule has 0 saturated heterocycles. The van der Waals surface area contributed by atoms with Gasteiger partial charge in [-0.15, -0.1) is 0 Å². The molecule has 0 heterocycles. The highest BCUT2D eigenvalue weighted by Gasteiger charge is 2.10. The number of nitrogens with one attached hydrogen (secondary N) is 1. The van der Waals surface area contributed by atoms with Crippen molar-refractivity contribution in [2.45, 2.75) is 6.92 Å². The minimum atomic E-state index is -0.105. The quantitative estimate of drug-likeness (QED) is 0.737. The van der Waals surface area contributed by atoms with Crippen LogP contribution < -0.4 is 5.32 Å². The number of para-hydroxylation sites is 1. The molecule has 3 aromatic carbocycles. The monoisotopic (exact) mass is 303 g/mol. The van der Waals surface area contributed by atoms with Gasteiger partial charge >= 0.3 is 0 Å². The van der Waals surface area contributed by atoms with E-state index in [4.69, 9.17) is 0 Å². The fourth-order valence-electron chi connectivity index (χ4n) is 2.56. The molecule has 0 aliphatic heterocycles. The van der Waals surface area contributed by atoms with E-state index < -0.39 is 0 Å². The van der Waals surface area contributed by atoms with E-state index in [9.17, 15) is 9.90 Å². The zero-order valence-electron chi connectivity index (χ0n) is 12.8. The van der Waals surface area contributed by atoms with Gasteiger partial charge in [-0.1, -0.05) is 60.7 Å². The first kappa shape index (κ1) is 14.9.